The smallest absolute Gasteiger partial charge is 0.340 e. The molecule has 1 spiro atoms. The summed E-state index contributed by atoms with van der Waals surface area (Å²) in [5.41, 5.74) is 4.17. The van der Waals surface area contributed by atoms with Crippen LogP contribution in [0.3, 0.4) is 0 Å². The highest BCUT2D eigenvalue weighted by Gasteiger charge is 2.72. The molecule has 0 radical (unpaired) electrons. The monoisotopic (exact) mass is 376 g/mol. The van der Waals surface area contributed by atoms with Gasteiger partial charge in [-0.25, -0.2) is 0 Å². The third kappa shape index (κ3) is 1.88. The molecule has 4 aromatic rings. The molecule has 3 aliphatic heterocycles. The Morgan fingerprint density at radius 3 is 1.52 bits per heavy atom. The third-order valence-corrected chi connectivity index (χ3v) is 5.83. The van der Waals surface area contributed by atoms with Gasteiger partial charge in [-0.3, -0.25) is 0 Å². The summed E-state index contributed by atoms with van der Waals surface area (Å²) in [6.07, 6.45) is 4.24. The van der Waals surface area contributed by atoms with Gasteiger partial charge in [-0.05, 0) is 44.2 Å². The summed E-state index contributed by atoms with van der Waals surface area (Å²) in [5, 5.41) is 2.37. The molecule has 0 N–H and O–H groups in total. The second-order valence-electron chi connectivity index (χ2n) is 7.51. The zero-order valence-corrected chi connectivity index (χ0v) is 15.4. The van der Waals surface area contributed by atoms with E-state index in [9.17, 15) is 0 Å². The van der Waals surface area contributed by atoms with Gasteiger partial charge in [0.2, 0.25) is 0 Å². The van der Waals surface area contributed by atoms with Gasteiger partial charge < -0.3 is 9.47 Å². The minimum Gasteiger partial charge on any atom is -0.340 e. The van der Waals surface area contributed by atoms with Crippen molar-refractivity contribution in [2.75, 3.05) is 0 Å². The first-order valence-electron chi connectivity index (χ1n) is 9.69. The van der Waals surface area contributed by atoms with Crippen LogP contribution in [0, 0.1) is 0 Å². The zero-order chi connectivity index (χ0) is 19.0. The predicted molar refractivity (Wildman–Crippen MR) is 111 cm³/mol. The van der Waals surface area contributed by atoms with Crippen molar-refractivity contribution in [1.29, 1.82) is 0 Å². The molecule has 3 aliphatic rings. The summed E-state index contributed by atoms with van der Waals surface area (Å²) in [6.45, 7) is 0. The molecule has 0 aliphatic carbocycles. The van der Waals surface area contributed by atoms with Gasteiger partial charge in [0.05, 0.1) is 11.1 Å². The van der Waals surface area contributed by atoms with Gasteiger partial charge in [0.15, 0.2) is 23.9 Å². The Hall–Kier alpha value is -3.92. The van der Waals surface area contributed by atoms with Gasteiger partial charge in [0.1, 0.15) is 0 Å². The van der Waals surface area contributed by atoms with E-state index in [2.05, 4.69) is 70.1 Å². The minimum absolute atomic E-state index is 0.805. The van der Waals surface area contributed by atoms with Crippen molar-refractivity contribution < 1.29 is 18.6 Å². The molecule has 0 bridgehead atoms. The van der Waals surface area contributed by atoms with Gasteiger partial charge in [-0.15, -0.1) is 0 Å². The lowest BCUT2D eigenvalue weighted by atomic mass is 10.1. The molecule has 0 saturated carbocycles. The molecule has 0 atom stereocenters. The fraction of sp³-hybridized carbons (Fsp3) is 0.0400. The molecular formula is C25H16N2O2+2. The Morgan fingerprint density at radius 1 is 0.552 bits per heavy atom. The summed E-state index contributed by atoms with van der Waals surface area (Å²) in [4.78, 5) is 0. The van der Waals surface area contributed by atoms with Crippen LogP contribution in [0.15, 0.2) is 84.9 Å². The largest absolute Gasteiger partial charge is 0.715 e. The molecule has 0 fully saturated rings. The Bertz CT molecular complexity index is 1310. The van der Waals surface area contributed by atoms with Crippen LogP contribution in [-0.2, 0) is 0 Å². The number of para-hydroxylation sites is 2. The molecule has 3 heterocycles. The first-order chi connectivity index (χ1) is 14.3. The topological polar surface area (TPSA) is 24.5 Å². The van der Waals surface area contributed by atoms with E-state index in [-0.39, 0.29) is 0 Å². The van der Waals surface area contributed by atoms with Gasteiger partial charge >= 0.3 is 6.03 Å². The standard InChI is InChI=1S/C25H16N2O2/c1-2-8-18-14-22-21(13-17(18)7-1)26-15-19-9-3-5-11-23(19)28-25(26)27(22)16-20-10-4-6-12-24(20)29-25/h1-16H/q+2. The maximum atomic E-state index is 6.58. The molecular weight excluding hydrogens is 360 g/mol. The molecule has 0 amide bonds. The minimum atomic E-state index is -1.11. The van der Waals surface area contributed by atoms with Crippen LogP contribution in [0.2, 0.25) is 0 Å². The second-order valence-corrected chi connectivity index (χ2v) is 7.51. The fourth-order valence-corrected chi connectivity index (χ4v) is 4.47. The van der Waals surface area contributed by atoms with E-state index < -0.39 is 6.03 Å². The van der Waals surface area contributed by atoms with Crippen molar-refractivity contribution >= 4 is 34.6 Å². The maximum absolute atomic E-state index is 6.58. The van der Waals surface area contributed by atoms with Crippen molar-refractivity contribution in [3.63, 3.8) is 0 Å². The quantitative estimate of drug-likeness (QED) is 0.413. The van der Waals surface area contributed by atoms with E-state index in [0.29, 0.717) is 0 Å². The van der Waals surface area contributed by atoms with E-state index in [4.69, 9.17) is 9.47 Å². The summed E-state index contributed by atoms with van der Waals surface area (Å²) in [5.74, 6) is 1.61. The van der Waals surface area contributed by atoms with Gasteiger partial charge in [-0.1, -0.05) is 48.5 Å². The number of rotatable bonds is 0. The van der Waals surface area contributed by atoms with Crippen molar-refractivity contribution in [2.24, 2.45) is 0 Å². The molecule has 4 aromatic carbocycles. The number of nitrogens with zero attached hydrogens (tertiary/aromatic N) is 2. The molecule has 0 saturated heterocycles. The predicted octanol–water partition coefficient (Wildman–Crippen LogP) is 4.78. The number of ether oxygens (including phenoxy) is 2. The van der Waals surface area contributed by atoms with Gasteiger partial charge in [0, 0.05) is 12.1 Å². The van der Waals surface area contributed by atoms with Crippen LogP contribution < -0.4 is 9.47 Å². The molecule has 136 valence electrons. The van der Waals surface area contributed by atoms with Crippen LogP contribution >= 0.6 is 0 Å². The average molecular weight is 376 g/mol. The summed E-state index contributed by atoms with van der Waals surface area (Å²) >= 11 is 0. The van der Waals surface area contributed by atoms with Crippen molar-refractivity contribution in [2.45, 2.75) is 6.03 Å². The maximum Gasteiger partial charge on any atom is 0.715 e. The lowest BCUT2D eigenvalue weighted by molar-refractivity contribution is -0.831. The third-order valence-electron chi connectivity index (χ3n) is 5.83. The van der Waals surface area contributed by atoms with Gasteiger partial charge in [0.25, 0.3) is 11.4 Å². The van der Waals surface area contributed by atoms with E-state index in [0.717, 1.165) is 34.0 Å². The molecule has 7 rings (SSSR count). The van der Waals surface area contributed by atoms with Crippen molar-refractivity contribution in [3.8, 4) is 11.5 Å². The highest BCUT2D eigenvalue weighted by atomic mass is 16.7. The van der Waals surface area contributed by atoms with Crippen LogP contribution in [0.5, 0.6) is 11.5 Å². The van der Waals surface area contributed by atoms with Crippen LogP contribution in [0.4, 0.5) is 11.4 Å². The lowest BCUT2D eigenvalue weighted by Gasteiger charge is -2.26. The summed E-state index contributed by atoms with van der Waals surface area (Å²) in [7, 11) is 0. The van der Waals surface area contributed by atoms with E-state index in [1.54, 1.807) is 0 Å². The number of benzene rings is 4. The number of hydrogen-bond donors (Lipinski definition) is 0. The van der Waals surface area contributed by atoms with Gasteiger partial charge in [-0.2, -0.15) is 0 Å². The van der Waals surface area contributed by atoms with Crippen molar-refractivity contribution in [1.82, 2.24) is 0 Å². The lowest BCUT2D eigenvalue weighted by Crippen LogP contribution is -2.58. The Kier molecular flexibility index (Phi) is 2.66. The number of hydrogen-bond acceptors (Lipinski definition) is 2. The first kappa shape index (κ1) is 15.1. The summed E-state index contributed by atoms with van der Waals surface area (Å²) < 4.78 is 17.4. The van der Waals surface area contributed by atoms with Crippen LogP contribution in [0.1, 0.15) is 11.1 Å². The van der Waals surface area contributed by atoms with Crippen LogP contribution in [-0.4, -0.2) is 27.6 Å². The summed E-state index contributed by atoms with van der Waals surface area (Å²) in [6, 6.07) is 27.8. The fourth-order valence-electron chi connectivity index (χ4n) is 4.47. The van der Waals surface area contributed by atoms with E-state index in [1.165, 1.54) is 10.8 Å². The highest BCUT2D eigenvalue weighted by Crippen LogP contribution is 2.49. The van der Waals surface area contributed by atoms with E-state index in [1.807, 2.05) is 36.4 Å². The normalized spacial score (nSPS) is 16.8. The van der Waals surface area contributed by atoms with Crippen molar-refractivity contribution in [3.05, 3.63) is 96.1 Å². The average Bonchev–Trinajstić information content (AvgIpc) is 3.02. The first-order valence-corrected chi connectivity index (χ1v) is 9.69. The molecule has 29 heavy (non-hydrogen) atoms. The number of fused-ring (bicyclic) bond motifs is 6. The Morgan fingerprint density at radius 2 is 1.00 bits per heavy atom. The Labute approximate surface area is 167 Å². The second kappa shape index (κ2) is 5.11. The molecule has 4 heteroatoms. The molecule has 4 nitrogen and oxygen atoms in total. The van der Waals surface area contributed by atoms with Crippen LogP contribution in [0.25, 0.3) is 10.8 Å². The molecule has 0 unspecified atom stereocenters. The zero-order valence-electron chi connectivity index (χ0n) is 15.4. The molecule has 0 aromatic heterocycles. The SMILES string of the molecule is C1=[N+]2c3cc4ccccc4cc3[N+]3=Cc4ccccc4OC23Oc2ccccc21. The van der Waals surface area contributed by atoms with E-state index >= 15 is 0 Å². The Balaban J connectivity index is 1.60. The highest BCUT2D eigenvalue weighted by molar-refractivity contribution is 5.91.